The van der Waals surface area contributed by atoms with Crippen LogP contribution >= 0.6 is 0 Å². The summed E-state index contributed by atoms with van der Waals surface area (Å²) in [5.74, 6) is 0.578. The van der Waals surface area contributed by atoms with Crippen LogP contribution in [0, 0.1) is 5.92 Å². The van der Waals surface area contributed by atoms with E-state index in [9.17, 15) is 13.5 Å². The third-order valence-electron chi connectivity index (χ3n) is 3.88. The quantitative estimate of drug-likeness (QED) is 0.875. The molecule has 0 saturated carbocycles. The van der Waals surface area contributed by atoms with Crippen LogP contribution < -0.4 is 5.32 Å². The summed E-state index contributed by atoms with van der Waals surface area (Å²) in [6.07, 6.45) is 1.27. The van der Waals surface area contributed by atoms with Crippen LogP contribution in [0.1, 0.15) is 45.2 Å². The highest BCUT2D eigenvalue weighted by Crippen LogP contribution is 2.32. The third-order valence-corrected chi connectivity index (χ3v) is 5.70. The highest BCUT2D eigenvalue weighted by atomic mass is 32.2. The molecule has 5 heteroatoms. The first-order valence-electron chi connectivity index (χ1n) is 7.49. The molecule has 2 rings (SSSR count). The van der Waals surface area contributed by atoms with Gasteiger partial charge in [-0.2, -0.15) is 0 Å². The van der Waals surface area contributed by atoms with E-state index in [0.717, 1.165) is 5.56 Å². The van der Waals surface area contributed by atoms with Crippen molar-refractivity contribution in [2.24, 2.45) is 5.92 Å². The van der Waals surface area contributed by atoms with Gasteiger partial charge in [0, 0.05) is 12.6 Å². The van der Waals surface area contributed by atoms with E-state index in [0.29, 0.717) is 30.2 Å². The molecule has 0 bridgehead atoms. The van der Waals surface area contributed by atoms with Gasteiger partial charge < -0.3 is 10.4 Å². The second-order valence-electron chi connectivity index (χ2n) is 6.67. The Morgan fingerprint density at radius 2 is 2.05 bits per heavy atom. The molecule has 2 N–H and O–H groups in total. The van der Waals surface area contributed by atoms with Crippen LogP contribution in [-0.2, 0) is 9.84 Å². The van der Waals surface area contributed by atoms with Crippen molar-refractivity contribution in [1.82, 2.24) is 5.32 Å². The van der Waals surface area contributed by atoms with Gasteiger partial charge in [-0.15, -0.1) is 0 Å². The van der Waals surface area contributed by atoms with E-state index >= 15 is 0 Å². The first-order chi connectivity index (χ1) is 9.71. The van der Waals surface area contributed by atoms with Gasteiger partial charge >= 0.3 is 0 Å². The third kappa shape index (κ3) is 4.05. The van der Waals surface area contributed by atoms with Gasteiger partial charge in [0.15, 0.2) is 9.84 Å². The molecule has 1 aromatic rings. The Bertz CT molecular complexity index is 593. The Kier molecular flexibility index (Phi) is 4.76. The number of nitrogens with one attached hydrogen (secondary N) is 1. The van der Waals surface area contributed by atoms with Crippen LogP contribution in [0.25, 0.3) is 0 Å². The van der Waals surface area contributed by atoms with Crippen LogP contribution in [-0.4, -0.2) is 31.4 Å². The molecule has 118 valence electrons. The van der Waals surface area contributed by atoms with Crippen LogP contribution in [0.15, 0.2) is 29.2 Å². The molecule has 4 nitrogen and oxygen atoms in total. The van der Waals surface area contributed by atoms with Gasteiger partial charge in [0.05, 0.1) is 16.2 Å². The molecule has 0 aliphatic carbocycles. The monoisotopic (exact) mass is 311 g/mol. The van der Waals surface area contributed by atoms with Gasteiger partial charge in [0.1, 0.15) is 0 Å². The van der Waals surface area contributed by atoms with Gasteiger partial charge in [0.25, 0.3) is 0 Å². The molecule has 1 aliphatic heterocycles. The summed E-state index contributed by atoms with van der Waals surface area (Å²) < 4.78 is 24.2. The minimum Gasteiger partial charge on any atom is -0.389 e. The number of hydrogen-bond acceptors (Lipinski definition) is 4. The van der Waals surface area contributed by atoms with Crippen molar-refractivity contribution in [3.8, 4) is 0 Å². The van der Waals surface area contributed by atoms with E-state index in [1.807, 2.05) is 19.1 Å². The van der Waals surface area contributed by atoms with Gasteiger partial charge in [-0.3, -0.25) is 0 Å². The summed E-state index contributed by atoms with van der Waals surface area (Å²) in [6.45, 7) is 6.45. The largest absolute Gasteiger partial charge is 0.389 e. The summed E-state index contributed by atoms with van der Waals surface area (Å²) in [7, 11) is -3.15. The lowest BCUT2D eigenvalue weighted by Crippen LogP contribution is -2.42. The van der Waals surface area contributed by atoms with Crippen molar-refractivity contribution in [1.29, 1.82) is 0 Å². The second-order valence-corrected chi connectivity index (χ2v) is 8.75. The van der Waals surface area contributed by atoms with Gasteiger partial charge in [-0.1, -0.05) is 32.0 Å². The maximum Gasteiger partial charge on any atom is 0.178 e. The van der Waals surface area contributed by atoms with E-state index in [1.54, 1.807) is 12.1 Å². The zero-order chi connectivity index (χ0) is 15.7. The molecule has 0 aromatic heterocycles. The molecule has 1 aliphatic rings. The van der Waals surface area contributed by atoms with E-state index in [2.05, 4.69) is 19.2 Å². The molecule has 0 amide bonds. The minimum absolute atomic E-state index is 0.0108. The summed E-state index contributed by atoms with van der Waals surface area (Å²) >= 11 is 0. The summed E-state index contributed by atoms with van der Waals surface area (Å²) in [6, 6.07) is 7.14. The molecule has 2 unspecified atom stereocenters. The first kappa shape index (κ1) is 16.5. The van der Waals surface area contributed by atoms with Gasteiger partial charge in [-0.25, -0.2) is 8.42 Å². The number of hydrogen-bond donors (Lipinski definition) is 2. The van der Waals surface area contributed by atoms with Crippen LogP contribution in [0.5, 0.6) is 0 Å². The second kappa shape index (κ2) is 6.07. The lowest BCUT2D eigenvalue weighted by Gasteiger charge is -2.31. The molecule has 1 aromatic carbocycles. The highest BCUT2D eigenvalue weighted by Gasteiger charge is 2.31. The normalized spacial score (nSPS) is 23.6. The number of rotatable bonds is 5. The van der Waals surface area contributed by atoms with E-state index in [4.69, 9.17) is 0 Å². The standard InChI is InChI=1S/C16H25NO3S/c1-12(2)10-16(3,18)11-17-14-8-9-21(19,20)15-7-5-4-6-13(14)15/h4-7,12,14,17-18H,8-11H2,1-3H3. The average molecular weight is 311 g/mol. The summed E-state index contributed by atoms with van der Waals surface area (Å²) in [4.78, 5) is 0.428. The average Bonchev–Trinajstić information content (AvgIpc) is 2.36. The van der Waals surface area contributed by atoms with Crippen molar-refractivity contribution in [2.45, 2.75) is 50.2 Å². The molecule has 0 fully saturated rings. The number of sulfone groups is 1. The van der Waals surface area contributed by atoms with Crippen molar-refractivity contribution < 1.29 is 13.5 Å². The maximum absolute atomic E-state index is 12.1. The molecular formula is C16H25NO3S. The zero-order valence-electron chi connectivity index (χ0n) is 13.0. The molecule has 2 atom stereocenters. The Morgan fingerprint density at radius 1 is 1.38 bits per heavy atom. The van der Waals surface area contributed by atoms with Crippen LogP contribution in [0.3, 0.4) is 0 Å². The van der Waals surface area contributed by atoms with E-state index in [-0.39, 0.29) is 11.8 Å². The first-order valence-corrected chi connectivity index (χ1v) is 9.14. The van der Waals surface area contributed by atoms with Crippen LogP contribution in [0.2, 0.25) is 0 Å². The molecule has 0 radical (unpaired) electrons. The SMILES string of the molecule is CC(C)CC(C)(O)CNC1CCS(=O)(=O)c2ccccc21. The fourth-order valence-electron chi connectivity index (χ4n) is 3.10. The fraction of sp³-hybridized carbons (Fsp3) is 0.625. The number of benzene rings is 1. The zero-order valence-corrected chi connectivity index (χ0v) is 13.8. The molecule has 1 heterocycles. The fourth-order valence-corrected chi connectivity index (χ4v) is 4.72. The molecule has 0 spiro atoms. The summed E-state index contributed by atoms with van der Waals surface area (Å²) in [5, 5.41) is 13.7. The van der Waals surface area contributed by atoms with Gasteiger partial charge in [0.2, 0.25) is 0 Å². The molecular weight excluding hydrogens is 286 g/mol. The highest BCUT2D eigenvalue weighted by molar-refractivity contribution is 7.91. The maximum atomic E-state index is 12.1. The lowest BCUT2D eigenvalue weighted by molar-refractivity contribution is 0.0356. The lowest BCUT2D eigenvalue weighted by atomic mass is 9.93. The van der Waals surface area contributed by atoms with E-state index < -0.39 is 15.4 Å². The Labute approximate surface area is 127 Å². The van der Waals surface area contributed by atoms with Crippen molar-refractivity contribution in [3.05, 3.63) is 29.8 Å². The molecule has 21 heavy (non-hydrogen) atoms. The molecule has 0 saturated heterocycles. The Morgan fingerprint density at radius 3 is 2.71 bits per heavy atom. The smallest absolute Gasteiger partial charge is 0.178 e. The summed E-state index contributed by atoms with van der Waals surface area (Å²) in [5.41, 5.74) is 0.0449. The predicted octanol–water partition coefficient (Wildman–Crippen LogP) is 2.29. The Balaban J connectivity index is 2.13. The van der Waals surface area contributed by atoms with Crippen molar-refractivity contribution in [2.75, 3.05) is 12.3 Å². The minimum atomic E-state index is -3.15. The predicted molar refractivity (Wildman–Crippen MR) is 83.9 cm³/mol. The van der Waals surface area contributed by atoms with E-state index in [1.165, 1.54) is 0 Å². The van der Waals surface area contributed by atoms with Crippen molar-refractivity contribution >= 4 is 9.84 Å². The van der Waals surface area contributed by atoms with Gasteiger partial charge in [-0.05, 0) is 37.3 Å². The van der Waals surface area contributed by atoms with Crippen molar-refractivity contribution in [3.63, 3.8) is 0 Å². The number of aliphatic hydroxyl groups is 1. The number of fused-ring (bicyclic) bond motifs is 1. The topological polar surface area (TPSA) is 66.4 Å². The Hall–Kier alpha value is -0.910. The van der Waals surface area contributed by atoms with Crippen LogP contribution in [0.4, 0.5) is 0 Å².